The molecule has 12 heteroatoms. The Morgan fingerprint density at radius 3 is 2.43 bits per heavy atom. The average molecular weight is 397 g/mol. The summed E-state index contributed by atoms with van der Waals surface area (Å²) in [5.41, 5.74) is 5.06. The van der Waals surface area contributed by atoms with Gasteiger partial charge in [-0.25, -0.2) is 8.42 Å². The smallest absolute Gasteiger partial charge is 0.233 e. The zero-order valence-corrected chi connectivity index (χ0v) is 15.6. The molecule has 2 heterocycles. The van der Waals surface area contributed by atoms with Gasteiger partial charge in [0.2, 0.25) is 11.8 Å². The topological polar surface area (TPSA) is 123 Å². The Labute approximate surface area is 146 Å². The van der Waals surface area contributed by atoms with Crippen LogP contribution in [0.4, 0.5) is 0 Å². The maximum absolute atomic E-state index is 12.1. The molecule has 1 aliphatic rings. The van der Waals surface area contributed by atoms with Gasteiger partial charge in [0, 0.05) is 13.1 Å². The van der Waals surface area contributed by atoms with Crippen molar-refractivity contribution in [1.29, 1.82) is 0 Å². The van der Waals surface area contributed by atoms with Gasteiger partial charge < -0.3 is 10.6 Å². The summed E-state index contributed by atoms with van der Waals surface area (Å²) in [4.78, 5) is 24.3. The number of carbonyl (C=O) groups is 2. The second kappa shape index (κ2) is 7.81. The van der Waals surface area contributed by atoms with Crippen molar-refractivity contribution in [3.8, 4) is 0 Å². The zero-order chi connectivity index (χ0) is 17.0. The Morgan fingerprint density at radius 2 is 1.91 bits per heavy atom. The molecule has 1 aliphatic heterocycles. The Morgan fingerprint density at radius 1 is 1.30 bits per heavy atom. The van der Waals surface area contributed by atoms with Crippen molar-refractivity contribution in [2.24, 2.45) is 5.73 Å². The molecule has 2 amide bonds. The molecule has 0 aliphatic carbocycles. The predicted molar refractivity (Wildman–Crippen MR) is 90.4 cm³/mol. The number of hydrogen-bond acceptors (Lipinski definition) is 9. The number of nitrogens with two attached hydrogens (primary N) is 1. The summed E-state index contributed by atoms with van der Waals surface area (Å²) in [6.45, 7) is 0. The minimum atomic E-state index is -3.01. The van der Waals surface area contributed by atoms with E-state index >= 15 is 0 Å². The fourth-order valence-corrected chi connectivity index (χ4v) is 6.41. The van der Waals surface area contributed by atoms with Gasteiger partial charge in [0.15, 0.2) is 18.5 Å². The van der Waals surface area contributed by atoms with Crippen molar-refractivity contribution in [3.63, 3.8) is 0 Å². The predicted octanol–water partition coefficient (Wildman–Crippen LogP) is -0.147. The van der Waals surface area contributed by atoms with Gasteiger partial charge >= 0.3 is 0 Å². The second-order valence-corrected chi connectivity index (χ2v) is 10.6. The first-order valence-electron chi connectivity index (χ1n) is 6.60. The largest absolute Gasteiger partial charge is 0.369 e. The third-order valence-electron chi connectivity index (χ3n) is 3.19. The number of rotatable bonds is 7. The number of hydrogen-bond donors (Lipinski definition) is 1. The summed E-state index contributed by atoms with van der Waals surface area (Å²) in [5.74, 6) is -0.0908. The van der Waals surface area contributed by atoms with E-state index < -0.39 is 15.7 Å². The van der Waals surface area contributed by atoms with Gasteiger partial charge in [-0.05, 0) is 6.42 Å². The van der Waals surface area contributed by atoms with Crippen LogP contribution in [0.5, 0.6) is 0 Å². The Bertz CT molecular complexity index is 690. The first-order valence-corrected chi connectivity index (χ1v) is 11.2. The van der Waals surface area contributed by atoms with E-state index in [1.807, 2.05) is 0 Å². The summed E-state index contributed by atoms with van der Waals surface area (Å²) < 4.78 is 24.2. The fraction of sp³-hybridized carbons (Fsp3) is 0.636. The van der Waals surface area contributed by atoms with Crippen molar-refractivity contribution in [2.75, 3.05) is 30.1 Å². The van der Waals surface area contributed by atoms with Gasteiger partial charge in [-0.1, -0.05) is 34.9 Å². The molecule has 0 bridgehead atoms. The van der Waals surface area contributed by atoms with E-state index in [2.05, 4.69) is 10.2 Å². The molecule has 1 saturated heterocycles. The lowest BCUT2D eigenvalue weighted by atomic mass is 10.2. The molecule has 2 rings (SSSR count). The van der Waals surface area contributed by atoms with E-state index in [0.717, 1.165) is 0 Å². The average Bonchev–Trinajstić information content (AvgIpc) is 3.08. The highest BCUT2D eigenvalue weighted by Crippen LogP contribution is 2.29. The minimum absolute atomic E-state index is 0.0343. The molecule has 8 nitrogen and oxygen atoms in total. The normalized spacial score (nSPS) is 19.6. The lowest BCUT2D eigenvalue weighted by Crippen LogP contribution is -2.38. The second-order valence-electron chi connectivity index (χ2n) is 4.94. The lowest BCUT2D eigenvalue weighted by molar-refractivity contribution is -0.128. The number of thioether (sulfide) groups is 2. The van der Waals surface area contributed by atoms with E-state index in [0.29, 0.717) is 15.1 Å². The van der Waals surface area contributed by atoms with Crippen LogP contribution in [0.25, 0.3) is 0 Å². The molecule has 128 valence electrons. The molecular formula is C11H16N4O4S4. The van der Waals surface area contributed by atoms with Gasteiger partial charge in [-0.2, -0.15) is 0 Å². The van der Waals surface area contributed by atoms with Crippen LogP contribution in [0.3, 0.4) is 0 Å². The highest BCUT2D eigenvalue weighted by molar-refractivity contribution is 8.03. The van der Waals surface area contributed by atoms with Crippen LogP contribution < -0.4 is 5.73 Å². The summed E-state index contributed by atoms with van der Waals surface area (Å²) >= 11 is 3.74. The molecule has 1 aromatic heterocycles. The lowest BCUT2D eigenvalue weighted by Gasteiger charge is -2.22. The van der Waals surface area contributed by atoms with Crippen LogP contribution >= 0.6 is 34.9 Å². The molecule has 1 unspecified atom stereocenters. The quantitative estimate of drug-likeness (QED) is 0.631. The highest BCUT2D eigenvalue weighted by Gasteiger charge is 2.32. The van der Waals surface area contributed by atoms with Crippen molar-refractivity contribution in [3.05, 3.63) is 0 Å². The molecule has 23 heavy (non-hydrogen) atoms. The van der Waals surface area contributed by atoms with E-state index in [4.69, 9.17) is 5.73 Å². The number of carbonyl (C=O) groups excluding carboxylic acids is 2. The third kappa shape index (κ3) is 5.62. The van der Waals surface area contributed by atoms with Crippen molar-refractivity contribution < 1.29 is 18.0 Å². The van der Waals surface area contributed by atoms with Crippen LogP contribution in [0, 0.1) is 0 Å². The molecule has 1 atom stereocenters. The summed E-state index contributed by atoms with van der Waals surface area (Å²) in [6, 6.07) is -0.246. The van der Waals surface area contributed by atoms with E-state index in [1.54, 1.807) is 7.05 Å². The number of primary amides is 1. The monoisotopic (exact) mass is 396 g/mol. The molecule has 1 aromatic rings. The molecule has 0 spiro atoms. The summed E-state index contributed by atoms with van der Waals surface area (Å²) in [7, 11) is -1.39. The van der Waals surface area contributed by atoms with Gasteiger partial charge in [0.25, 0.3) is 0 Å². The van der Waals surface area contributed by atoms with Crippen molar-refractivity contribution >= 4 is 56.5 Å². The zero-order valence-electron chi connectivity index (χ0n) is 12.3. The highest BCUT2D eigenvalue weighted by atomic mass is 32.2. The number of amides is 2. The number of sulfone groups is 1. The molecule has 1 fully saturated rings. The van der Waals surface area contributed by atoms with Crippen LogP contribution in [0.1, 0.15) is 6.42 Å². The molecular weight excluding hydrogens is 380 g/mol. The maximum atomic E-state index is 12.1. The number of aromatic nitrogens is 2. The first kappa shape index (κ1) is 18.5. The summed E-state index contributed by atoms with van der Waals surface area (Å²) in [6.07, 6.45) is 0.488. The van der Waals surface area contributed by atoms with Crippen LogP contribution in [0.15, 0.2) is 8.68 Å². The van der Waals surface area contributed by atoms with Crippen molar-refractivity contribution in [1.82, 2.24) is 15.1 Å². The SMILES string of the molecule is CN(C(=O)CSc1nnc(SCC(N)=O)s1)C1CCS(=O)(=O)C1. The van der Waals surface area contributed by atoms with Gasteiger partial charge in [0.1, 0.15) is 0 Å². The maximum Gasteiger partial charge on any atom is 0.233 e. The van der Waals surface area contributed by atoms with Crippen molar-refractivity contribution in [2.45, 2.75) is 21.1 Å². The van der Waals surface area contributed by atoms with E-state index in [9.17, 15) is 18.0 Å². The molecule has 0 saturated carbocycles. The fourth-order valence-electron chi connectivity index (χ4n) is 1.96. The van der Waals surface area contributed by atoms with Gasteiger partial charge in [-0.15, -0.1) is 10.2 Å². The Kier molecular flexibility index (Phi) is 6.28. The Hall–Kier alpha value is -0.850. The van der Waals surface area contributed by atoms with Gasteiger partial charge in [-0.3, -0.25) is 9.59 Å². The molecule has 0 aromatic carbocycles. The van der Waals surface area contributed by atoms with Crippen LogP contribution in [-0.4, -0.2) is 71.4 Å². The number of nitrogens with zero attached hydrogens (tertiary/aromatic N) is 3. The van der Waals surface area contributed by atoms with Crippen LogP contribution in [0.2, 0.25) is 0 Å². The summed E-state index contributed by atoms with van der Waals surface area (Å²) in [5, 5.41) is 7.84. The standard InChI is InChI=1S/C11H16N4O4S4/c1-15(7-2-3-23(18,19)6-7)9(17)5-21-11-14-13-10(22-11)20-4-8(12)16/h7H,2-6H2,1H3,(H2,12,16). The van der Waals surface area contributed by atoms with Crippen LogP contribution in [-0.2, 0) is 19.4 Å². The minimum Gasteiger partial charge on any atom is -0.369 e. The molecule has 2 N–H and O–H groups in total. The third-order valence-corrected chi connectivity index (χ3v) is 8.14. The first-order chi connectivity index (χ1) is 10.8. The molecule has 0 radical (unpaired) electrons. The van der Waals surface area contributed by atoms with Gasteiger partial charge in [0.05, 0.1) is 23.0 Å². The van der Waals surface area contributed by atoms with E-state index in [-0.39, 0.29) is 35.0 Å². The van der Waals surface area contributed by atoms with E-state index in [1.165, 1.54) is 39.8 Å². The Balaban J connectivity index is 1.81.